The number of nitrogens with zero attached hydrogens (tertiary/aromatic N) is 5. The summed E-state index contributed by atoms with van der Waals surface area (Å²) in [4.78, 5) is 20.5. The molecule has 1 saturated heterocycles. The van der Waals surface area contributed by atoms with Crippen molar-refractivity contribution in [3.63, 3.8) is 0 Å². The van der Waals surface area contributed by atoms with Crippen molar-refractivity contribution in [3.8, 4) is 16.9 Å². The number of aromatic nitrogens is 3. The minimum absolute atomic E-state index is 0.284. The fourth-order valence-corrected chi connectivity index (χ4v) is 5.00. The van der Waals surface area contributed by atoms with Crippen molar-refractivity contribution in [1.82, 2.24) is 20.2 Å². The van der Waals surface area contributed by atoms with E-state index >= 15 is 0 Å². The number of aryl methyl sites for hydroxylation is 1. The minimum atomic E-state index is -0.284. The second-order valence-corrected chi connectivity index (χ2v) is 9.40. The Hall–Kier alpha value is -4.78. The number of hydrazone groups is 1. The number of carbonyl (C=O) groups excluding carboxylic acids is 1. The molecule has 0 bridgehead atoms. The van der Waals surface area contributed by atoms with Crippen LogP contribution in [0.1, 0.15) is 34.5 Å². The molecule has 0 unspecified atom stereocenters. The van der Waals surface area contributed by atoms with Gasteiger partial charge >= 0.3 is 0 Å². The quantitative estimate of drug-likeness (QED) is 0.238. The Bertz CT molecular complexity index is 1620. The molecule has 7 nitrogen and oxygen atoms in total. The van der Waals surface area contributed by atoms with Gasteiger partial charge in [0, 0.05) is 24.0 Å². The van der Waals surface area contributed by atoms with Crippen LogP contribution in [0.15, 0.2) is 96.1 Å². The molecule has 1 fully saturated rings. The summed E-state index contributed by atoms with van der Waals surface area (Å²) in [5, 5.41) is 10.0. The van der Waals surface area contributed by atoms with E-state index in [-0.39, 0.29) is 5.91 Å². The maximum Gasteiger partial charge on any atom is 0.272 e. The lowest BCUT2D eigenvalue weighted by Gasteiger charge is -2.20. The third-order valence-corrected chi connectivity index (χ3v) is 6.88. The number of pyridine rings is 1. The molecule has 6 rings (SSSR count). The van der Waals surface area contributed by atoms with Gasteiger partial charge < -0.3 is 4.90 Å². The average molecular weight is 501 g/mol. The average Bonchev–Trinajstić information content (AvgIpc) is 3.61. The molecule has 38 heavy (non-hydrogen) atoms. The Labute approximate surface area is 221 Å². The fraction of sp³-hybridized carbons (Fsp3) is 0.161. The van der Waals surface area contributed by atoms with Crippen LogP contribution in [0.5, 0.6) is 0 Å². The largest absolute Gasteiger partial charge is 0.356 e. The number of carbonyl (C=O) groups is 1. The normalized spacial score (nSPS) is 13.4. The highest BCUT2D eigenvalue weighted by molar-refractivity contribution is 6.07. The number of para-hydroxylation sites is 2. The topological polar surface area (TPSA) is 75.4 Å². The van der Waals surface area contributed by atoms with Crippen molar-refractivity contribution in [2.45, 2.75) is 19.8 Å². The Morgan fingerprint density at radius 1 is 0.921 bits per heavy atom. The predicted octanol–water partition coefficient (Wildman–Crippen LogP) is 5.76. The van der Waals surface area contributed by atoms with Crippen molar-refractivity contribution in [1.29, 1.82) is 0 Å². The monoisotopic (exact) mass is 500 g/mol. The molecule has 5 aromatic rings. The molecular weight excluding hydrogens is 472 g/mol. The molecule has 0 saturated carbocycles. The van der Waals surface area contributed by atoms with Crippen LogP contribution in [-0.2, 0) is 0 Å². The molecule has 2 aromatic heterocycles. The number of anilines is 1. The number of hydrogen-bond donors (Lipinski definition) is 1. The summed E-state index contributed by atoms with van der Waals surface area (Å²) in [7, 11) is 0. The van der Waals surface area contributed by atoms with Crippen molar-refractivity contribution in [2.24, 2.45) is 5.10 Å². The first-order chi connectivity index (χ1) is 18.7. The Morgan fingerprint density at radius 2 is 1.61 bits per heavy atom. The summed E-state index contributed by atoms with van der Waals surface area (Å²) >= 11 is 0. The van der Waals surface area contributed by atoms with E-state index in [1.54, 1.807) is 6.21 Å². The van der Waals surface area contributed by atoms with Crippen LogP contribution < -0.4 is 10.3 Å². The zero-order valence-electron chi connectivity index (χ0n) is 21.2. The SMILES string of the molecule is Cc1nn(-c2ccccc2)c(N2CCCC2)c1/C=N\NC(=O)c1cc(-c2ccccc2)nc2ccccc12. The van der Waals surface area contributed by atoms with Gasteiger partial charge in [0.15, 0.2) is 0 Å². The molecule has 7 heteroatoms. The number of hydrogen-bond acceptors (Lipinski definition) is 5. The van der Waals surface area contributed by atoms with E-state index in [2.05, 4.69) is 15.4 Å². The van der Waals surface area contributed by atoms with E-state index < -0.39 is 0 Å². The summed E-state index contributed by atoms with van der Waals surface area (Å²) in [6.07, 6.45) is 4.01. The van der Waals surface area contributed by atoms with Crippen LogP contribution in [0.3, 0.4) is 0 Å². The maximum atomic E-state index is 13.4. The van der Waals surface area contributed by atoms with Crippen LogP contribution in [0.2, 0.25) is 0 Å². The lowest BCUT2D eigenvalue weighted by Crippen LogP contribution is -2.23. The number of benzene rings is 3. The van der Waals surface area contributed by atoms with Crippen molar-refractivity contribution in [2.75, 3.05) is 18.0 Å². The zero-order valence-corrected chi connectivity index (χ0v) is 21.2. The van der Waals surface area contributed by atoms with E-state index in [0.29, 0.717) is 5.56 Å². The van der Waals surface area contributed by atoms with Gasteiger partial charge in [-0.05, 0) is 44.0 Å². The highest BCUT2D eigenvalue weighted by Crippen LogP contribution is 2.29. The molecule has 3 aromatic carbocycles. The lowest BCUT2D eigenvalue weighted by molar-refractivity contribution is 0.0956. The van der Waals surface area contributed by atoms with Crippen LogP contribution in [0, 0.1) is 6.92 Å². The standard InChI is InChI=1S/C31H28N6O/c1-22-27(31(36-18-10-11-19-36)37(35-22)24-14-6-3-7-15-24)21-32-34-30(38)26-20-29(23-12-4-2-5-13-23)33-28-17-9-8-16-25(26)28/h2-9,12-17,20-21H,10-11,18-19H2,1H3,(H,34,38)/b32-21-. The molecule has 0 atom stereocenters. The summed E-state index contributed by atoms with van der Waals surface area (Å²) < 4.78 is 1.98. The zero-order chi connectivity index (χ0) is 25.9. The van der Waals surface area contributed by atoms with E-state index in [0.717, 1.165) is 70.9 Å². The number of nitrogens with one attached hydrogen (secondary N) is 1. The Balaban J connectivity index is 1.34. The molecule has 1 N–H and O–H groups in total. The summed E-state index contributed by atoms with van der Waals surface area (Å²) in [5.74, 6) is 0.720. The van der Waals surface area contributed by atoms with E-state index in [1.807, 2.05) is 103 Å². The van der Waals surface area contributed by atoms with Gasteiger partial charge in [0.1, 0.15) is 5.82 Å². The van der Waals surface area contributed by atoms with Gasteiger partial charge in [0.05, 0.1) is 39.9 Å². The summed E-state index contributed by atoms with van der Waals surface area (Å²) in [5.41, 5.74) is 8.51. The Kier molecular flexibility index (Phi) is 6.40. The van der Waals surface area contributed by atoms with Gasteiger partial charge in [0.2, 0.25) is 0 Å². The summed E-state index contributed by atoms with van der Waals surface area (Å²) in [6, 6.07) is 29.5. The smallest absolute Gasteiger partial charge is 0.272 e. The molecule has 0 radical (unpaired) electrons. The first-order valence-electron chi connectivity index (χ1n) is 12.9. The summed E-state index contributed by atoms with van der Waals surface area (Å²) in [6.45, 7) is 3.91. The molecule has 1 amide bonds. The highest BCUT2D eigenvalue weighted by atomic mass is 16.2. The lowest BCUT2D eigenvalue weighted by atomic mass is 10.0. The number of rotatable bonds is 6. The van der Waals surface area contributed by atoms with E-state index in [9.17, 15) is 4.79 Å². The van der Waals surface area contributed by atoms with E-state index in [1.165, 1.54) is 0 Å². The number of fused-ring (bicyclic) bond motifs is 1. The molecule has 188 valence electrons. The van der Waals surface area contributed by atoms with Gasteiger partial charge in [-0.25, -0.2) is 15.1 Å². The van der Waals surface area contributed by atoms with Gasteiger partial charge in [-0.2, -0.15) is 10.2 Å². The van der Waals surface area contributed by atoms with Crippen molar-refractivity contribution < 1.29 is 4.79 Å². The maximum absolute atomic E-state index is 13.4. The third-order valence-electron chi connectivity index (χ3n) is 6.88. The van der Waals surface area contributed by atoms with Crippen molar-refractivity contribution in [3.05, 3.63) is 108 Å². The van der Waals surface area contributed by atoms with E-state index in [4.69, 9.17) is 10.1 Å². The van der Waals surface area contributed by atoms with Crippen LogP contribution in [-0.4, -0.2) is 40.0 Å². The highest BCUT2D eigenvalue weighted by Gasteiger charge is 2.23. The second-order valence-electron chi connectivity index (χ2n) is 9.40. The molecule has 0 aliphatic carbocycles. The number of amides is 1. The van der Waals surface area contributed by atoms with Gasteiger partial charge in [0.25, 0.3) is 5.91 Å². The van der Waals surface area contributed by atoms with Crippen LogP contribution in [0.25, 0.3) is 27.8 Å². The molecule has 1 aliphatic heterocycles. The van der Waals surface area contributed by atoms with Crippen LogP contribution >= 0.6 is 0 Å². The minimum Gasteiger partial charge on any atom is -0.356 e. The molecular formula is C31H28N6O. The second kappa shape index (κ2) is 10.3. The van der Waals surface area contributed by atoms with Crippen LogP contribution in [0.4, 0.5) is 5.82 Å². The Morgan fingerprint density at radius 3 is 2.37 bits per heavy atom. The molecule has 0 spiro atoms. The molecule has 1 aliphatic rings. The van der Waals surface area contributed by atoms with Crippen molar-refractivity contribution >= 4 is 28.8 Å². The van der Waals surface area contributed by atoms with Gasteiger partial charge in [-0.1, -0.05) is 66.7 Å². The molecule has 3 heterocycles. The first-order valence-corrected chi connectivity index (χ1v) is 12.9. The fourth-order valence-electron chi connectivity index (χ4n) is 5.00. The van der Waals surface area contributed by atoms with Gasteiger partial charge in [-0.15, -0.1) is 0 Å². The third kappa shape index (κ3) is 4.54. The first kappa shape index (κ1) is 23.6. The van der Waals surface area contributed by atoms with Gasteiger partial charge in [-0.3, -0.25) is 4.79 Å². The predicted molar refractivity (Wildman–Crippen MR) is 152 cm³/mol.